The van der Waals surface area contributed by atoms with Gasteiger partial charge in [-0.05, 0) is 22.8 Å². The van der Waals surface area contributed by atoms with E-state index in [0.29, 0.717) is 6.07 Å². The molecule has 28 nitrogen and oxygen atoms in total. The van der Waals surface area contributed by atoms with Crippen LogP contribution < -0.4 is 21.3 Å². The molecule has 0 unspecified atom stereocenters. The zero-order chi connectivity index (χ0) is 62.1. The second kappa shape index (κ2) is 24.0. The van der Waals surface area contributed by atoms with E-state index in [9.17, 15) is 96.1 Å². The maximum Gasteiger partial charge on any atom is 0.258 e. The Balaban J connectivity index is 2.04. The van der Waals surface area contributed by atoms with Crippen LogP contribution in [0.5, 0.6) is 0 Å². The zero-order valence-electron chi connectivity index (χ0n) is 44.4. The zero-order valence-corrected chi connectivity index (χ0v) is 48.0. The summed E-state index contributed by atoms with van der Waals surface area (Å²) >= 11 is 19.5. The average molecular weight is 1250 g/mol. The van der Waals surface area contributed by atoms with Gasteiger partial charge >= 0.3 is 0 Å². The maximum atomic E-state index is 15.0. The Hall–Kier alpha value is -3.86. The summed E-state index contributed by atoms with van der Waals surface area (Å²) in [5, 5.41) is 202. The summed E-state index contributed by atoms with van der Waals surface area (Å²) < 4.78 is 25.5. The Labute approximate surface area is 494 Å². The van der Waals surface area contributed by atoms with Gasteiger partial charge in [0.15, 0.2) is 19.7 Å². The van der Waals surface area contributed by atoms with Gasteiger partial charge in [-0.15, -0.1) is 50.5 Å². The molecule has 7 rings (SSSR count). The van der Waals surface area contributed by atoms with Crippen LogP contribution in [-0.2, 0) is 57.9 Å². The van der Waals surface area contributed by atoms with E-state index >= 15 is 4.79 Å². The first kappa shape index (κ1) is 66.7. The van der Waals surface area contributed by atoms with Gasteiger partial charge in [-0.1, -0.05) is 60.7 Å². The molecule has 4 saturated heterocycles. The highest BCUT2D eigenvalue weighted by molar-refractivity contribution is 7.82. The third-order valence-electron chi connectivity index (χ3n) is 16.2. The predicted molar refractivity (Wildman–Crippen MR) is 295 cm³/mol. The first-order chi connectivity index (χ1) is 38.8. The van der Waals surface area contributed by atoms with Crippen LogP contribution in [0.15, 0.2) is 66.7 Å². The summed E-state index contributed by atoms with van der Waals surface area (Å²) in [6, 6.07) is 15.1. The minimum Gasteiger partial charge on any atom is -0.394 e. The van der Waals surface area contributed by atoms with E-state index in [-0.39, 0.29) is 11.1 Å². The lowest BCUT2D eigenvalue weighted by atomic mass is 9.64. The number of carbonyl (C=O) groups is 4. The van der Waals surface area contributed by atoms with Gasteiger partial charge in [-0.2, -0.15) is 0 Å². The molecule has 3 aromatic carbocycles. The highest BCUT2D eigenvalue weighted by Gasteiger charge is 2.77. The molecule has 20 atom stereocenters. The minimum atomic E-state index is -4.03. The first-order valence-electron chi connectivity index (χ1n) is 25.4. The van der Waals surface area contributed by atoms with Crippen LogP contribution in [-0.4, -0.2) is 256 Å². The van der Waals surface area contributed by atoms with E-state index in [2.05, 4.69) is 21.3 Å². The topological polar surface area (TPSA) is 477 Å². The summed E-state index contributed by atoms with van der Waals surface area (Å²) in [4.78, 5) is 44.4. The molecule has 0 bridgehead atoms. The maximum absolute atomic E-state index is 15.0. The highest BCUT2D eigenvalue weighted by atomic mass is 32.1. The second-order valence-corrected chi connectivity index (χ2v) is 23.0. The molecule has 4 fully saturated rings. The summed E-state index contributed by atoms with van der Waals surface area (Å²) in [6.07, 6.45) is -31.1. The summed E-state index contributed by atoms with van der Waals surface area (Å²) in [5.74, 6) is -8.93. The Kier molecular flexibility index (Phi) is 19.3. The number of nitrogens with one attached hydrogen (secondary N) is 4. The smallest absolute Gasteiger partial charge is 0.258 e. The highest BCUT2D eigenvalue weighted by Crippen LogP contribution is 2.65. The van der Waals surface area contributed by atoms with E-state index in [1.165, 1.54) is 60.7 Å². The SMILES string of the molecule is CNC(=O)[C@@]1(O)[C@@H](O)[C@H](O)[C@@H](CO)O[C@@]1(S)c1cc([C@]2(S)O[C@H](CO)[C@@H](O)[C@H](O)[C@]2(O)C(=O)NC)c([C@]2(S)O[C@H](CO)[C@@H](O)[C@H](O)[C@]2(O)C(=O)NC)c([C@]2(S)O[C@H](CO)[C@@H](O)[C@H](O)[C@]2(O)C(=O)NC)c1C(c1ccccc1)c1ccccc1. The molecule has 4 aliphatic rings. The minimum absolute atomic E-state index is 0.00391. The number of ether oxygens (including phenoxy) is 4. The van der Waals surface area contributed by atoms with Crippen LogP contribution in [0.4, 0.5) is 0 Å². The number of likely N-dealkylation sites (N-methyl/N-ethyl adjacent to an activating group) is 4. The molecule has 0 spiro atoms. The third-order valence-corrected chi connectivity index (χ3v) is 18.9. The average Bonchev–Trinajstić information content (AvgIpc) is 0.724. The standard InChI is InChI=1S/C51H68N4O24S4/c1-52-40(68)44(72)36(64)32(60)24(16-56)76-48(44,80)22-15-23(49(81)45(73,41(69)53-2)37(65)33(61)25(17-57)77-49)30(50(82)46(74,42(70)54-3)38(66)34(62)26(18-58)78-50)31(29(22)28(20-11-7-5-8-12-20)21-13-9-6-10-14-21)51(83)47(75,43(71)55-4)39(67)35(63)27(19-59)79-51/h5-15,24-28,32-39,56-67,72-75,80-83H,16-19H2,1-4H3,(H,52,68)(H,53,69)(H,54,70)(H,55,71)/t24-,25-,26-,27-,32-,33-,34-,35-,36+,37+,38+,39+,44+,45+,46+,47+,48-,49-,50-,51-/m1/s1. The van der Waals surface area contributed by atoms with Crippen molar-refractivity contribution in [1.29, 1.82) is 0 Å². The summed E-state index contributed by atoms with van der Waals surface area (Å²) in [6.45, 7) is -5.51. The largest absolute Gasteiger partial charge is 0.394 e. The number of aliphatic hydroxyl groups is 16. The quantitative estimate of drug-likeness (QED) is 0.0496. The van der Waals surface area contributed by atoms with Crippen LogP contribution in [0.3, 0.4) is 0 Å². The van der Waals surface area contributed by atoms with Gasteiger partial charge in [0, 0.05) is 56.4 Å². The fourth-order valence-electron chi connectivity index (χ4n) is 11.7. The molecule has 4 aliphatic heterocycles. The Morgan fingerprint density at radius 3 is 0.964 bits per heavy atom. The molecule has 0 radical (unpaired) electrons. The van der Waals surface area contributed by atoms with E-state index < -0.39 is 199 Å². The number of hydrogen-bond acceptors (Lipinski definition) is 28. The molecule has 0 aliphatic carbocycles. The van der Waals surface area contributed by atoms with Crippen LogP contribution in [0, 0.1) is 0 Å². The summed E-state index contributed by atoms with van der Waals surface area (Å²) in [7, 11) is 3.57. The van der Waals surface area contributed by atoms with Crippen LogP contribution >= 0.6 is 50.5 Å². The van der Waals surface area contributed by atoms with Crippen molar-refractivity contribution in [1.82, 2.24) is 21.3 Å². The fraction of sp³-hybridized carbons (Fsp3) is 0.569. The van der Waals surface area contributed by atoms with Crippen molar-refractivity contribution in [3.8, 4) is 0 Å². The Morgan fingerprint density at radius 2 is 0.687 bits per heavy atom. The molecule has 20 N–H and O–H groups in total. The second-order valence-electron chi connectivity index (χ2n) is 20.4. The molecule has 4 heterocycles. The molecule has 0 saturated carbocycles. The number of carbonyl (C=O) groups excluding carboxylic acids is 4. The number of benzene rings is 3. The van der Waals surface area contributed by atoms with Gasteiger partial charge in [0.05, 0.1) is 26.4 Å². The van der Waals surface area contributed by atoms with Crippen molar-refractivity contribution in [2.24, 2.45) is 0 Å². The normalized spacial score (nSPS) is 41.0. The van der Waals surface area contributed by atoms with Crippen molar-refractivity contribution >= 4 is 74.1 Å². The third kappa shape index (κ3) is 9.35. The lowest BCUT2D eigenvalue weighted by Crippen LogP contribution is -2.78. The van der Waals surface area contributed by atoms with E-state index in [1.807, 2.05) is 0 Å². The van der Waals surface area contributed by atoms with Crippen molar-refractivity contribution in [2.45, 2.75) is 121 Å². The van der Waals surface area contributed by atoms with Gasteiger partial charge in [0.2, 0.25) is 22.4 Å². The fourth-order valence-corrected chi connectivity index (χ4v) is 14.0. The van der Waals surface area contributed by atoms with Gasteiger partial charge in [0.1, 0.15) is 73.2 Å². The molecular formula is C51H68N4O24S4. The van der Waals surface area contributed by atoms with Crippen LogP contribution in [0.1, 0.15) is 44.9 Å². The van der Waals surface area contributed by atoms with Crippen LogP contribution in [0.2, 0.25) is 0 Å². The number of aliphatic hydroxyl groups excluding tert-OH is 12. The number of rotatable bonds is 15. The van der Waals surface area contributed by atoms with Crippen molar-refractivity contribution in [2.75, 3.05) is 54.6 Å². The molecular weight excluding hydrogens is 1180 g/mol. The summed E-state index contributed by atoms with van der Waals surface area (Å²) in [5.41, 5.74) is -22.0. The van der Waals surface area contributed by atoms with Crippen LogP contribution in [0.25, 0.3) is 0 Å². The van der Waals surface area contributed by atoms with Gasteiger partial charge < -0.3 is 122 Å². The molecule has 3 aromatic rings. The molecule has 32 heteroatoms. The van der Waals surface area contributed by atoms with Crippen molar-refractivity contribution in [3.63, 3.8) is 0 Å². The van der Waals surface area contributed by atoms with Gasteiger partial charge in [-0.3, -0.25) is 19.2 Å². The van der Waals surface area contributed by atoms with E-state index in [4.69, 9.17) is 69.5 Å². The predicted octanol–water partition coefficient (Wildman–Crippen LogP) is -8.44. The Bertz CT molecular complexity index is 2880. The van der Waals surface area contributed by atoms with Gasteiger partial charge in [0.25, 0.3) is 23.6 Å². The number of hydrogen-bond donors (Lipinski definition) is 24. The number of amides is 4. The lowest BCUT2D eigenvalue weighted by Gasteiger charge is -2.60. The van der Waals surface area contributed by atoms with E-state index in [1.54, 1.807) is 0 Å². The molecule has 460 valence electrons. The molecule has 83 heavy (non-hydrogen) atoms. The van der Waals surface area contributed by atoms with E-state index in [0.717, 1.165) is 28.2 Å². The van der Waals surface area contributed by atoms with Crippen molar-refractivity contribution in [3.05, 3.63) is 106 Å². The first-order valence-corrected chi connectivity index (χ1v) is 27.2. The number of thiol groups is 4. The lowest BCUT2D eigenvalue weighted by molar-refractivity contribution is -0.292. The van der Waals surface area contributed by atoms with Crippen molar-refractivity contribution < 1.29 is 120 Å². The molecule has 4 amide bonds. The Morgan fingerprint density at radius 1 is 0.434 bits per heavy atom. The monoisotopic (exact) mass is 1250 g/mol. The van der Waals surface area contributed by atoms with Gasteiger partial charge in [-0.25, -0.2) is 0 Å². The molecule has 0 aromatic heterocycles.